The summed E-state index contributed by atoms with van der Waals surface area (Å²) in [4.78, 5) is 0.203. The van der Waals surface area contributed by atoms with Gasteiger partial charge in [0.15, 0.2) is 22.4 Å². The van der Waals surface area contributed by atoms with E-state index in [0.717, 1.165) is 0 Å². The molecule has 0 saturated carbocycles. The van der Waals surface area contributed by atoms with Crippen molar-refractivity contribution in [3.05, 3.63) is 30.3 Å². The van der Waals surface area contributed by atoms with Gasteiger partial charge in [-0.15, -0.1) is 0 Å². The number of fused-ring (bicyclic) bond motifs is 3. The van der Waals surface area contributed by atoms with E-state index in [4.69, 9.17) is 40.6 Å². The largest absolute Gasteiger partial charge is 0.457 e. The molecular weight excluding hydrogens is 422 g/mol. The van der Waals surface area contributed by atoms with Gasteiger partial charge in [0, 0.05) is 13.7 Å². The molecule has 0 aromatic heterocycles. The fourth-order valence-electron chi connectivity index (χ4n) is 3.87. The maximum atomic E-state index is 12.7. The lowest BCUT2D eigenvalue weighted by molar-refractivity contribution is -0.376. The van der Waals surface area contributed by atoms with Crippen molar-refractivity contribution >= 4 is 27.2 Å². The van der Waals surface area contributed by atoms with Crippen LogP contribution >= 0.6 is 12.2 Å². The third kappa shape index (κ3) is 3.76. The normalized spacial score (nSPS) is 36.6. The lowest BCUT2D eigenvalue weighted by atomic mass is 9.91. The molecule has 4 rings (SSSR count). The molecule has 3 aliphatic heterocycles. The first-order valence-electron chi connectivity index (χ1n) is 9.25. The van der Waals surface area contributed by atoms with Gasteiger partial charge in [0.05, 0.1) is 11.5 Å². The molecule has 29 heavy (non-hydrogen) atoms. The molecule has 3 saturated heterocycles. The van der Waals surface area contributed by atoms with Crippen molar-refractivity contribution in [3.63, 3.8) is 0 Å². The highest BCUT2D eigenvalue weighted by Gasteiger charge is 2.66. The van der Waals surface area contributed by atoms with Crippen molar-refractivity contribution < 1.29 is 36.8 Å². The molecule has 3 aliphatic rings. The van der Waals surface area contributed by atoms with Gasteiger partial charge in [-0.1, -0.05) is 18.2 Å². The molecule has 9 nitrogen and oxygen atoms in total. The Morgan fingerprint density at radius 3 is 2.69 bits per heavy atom. The second kappa shape index (κ2) is 8.06. The first kappa shape index (κ1) is 20.9. The highest BCUT2D eigenvalue weighted by molar-refractivity contribution is 7.91. The highest BCUT2D eigenvalue weighted by atomic mass is 32.2. The zero-order valence-corrected chi connectivity index (χ0v) is 17.6. The topological polar surface area (TPSA) is 102 Å². The molecule has 6 atom stereocenters. The van der Waals surface area contributed by atoms with Crippen LogP contribution in [0.5, 0.6) is 0 Å². The first-order valence-corrected chi connectivity index (χ1v) is 11.3. The highest BCUT2D eigenvalue weighted by Crippen LogP contribution is 2.41. The molecule has 1 unspecified atom stereocenters. The third-order valence-corrected chi connectivity index (χ3v) is 6.99. The van der Waals surface area contributed by atoms with Crippen LogP contribution in [0.15, 0.2) is 35.2 Å². The standard InChI is InChI=1S/C18H23NO8S2/c1-3-24-18-14-12(25-16(22-2)15(18)27-17(28)19-18)9-23-13(26-14)10-29(20,21)11-7-5-4-6-8-11/h4-8,12-16H,3,9-10H2,1-2H3,(H,19,28)/t12-,13?,14-,15+,16-,18+/m1/s1. The maximum Gasteiger partial charge on any atom is 0.259 e. The first-order chi connectivity index (χ1) is 13.9. The van der Waals surface area contributed by atoms with Crippen LogP contribution in [0.3, 0.4) is 0 Å². The minimum absolute atomic E-state index is 0.107. The second-order valence-corrected chi connectivity index (χ2v) is 9.27. The molecule has 160 valence electrons. The van der Waals surface area contributed by atoms with Gasteiger partial charge in [-0.25, -0.2) is 8.42 Å². The average molecular weight is 446 g/mol. The third-order valence-electron chi connectivity index (χ3n) is 5.09. The van der Waals surface area contributed by atoms with Crippen LogP contribution in [0, 0.1) is 0 Å². The number of thiocarbonyl (C=S) groups is 1. The van der Waals surface area contributed by atoms with Crippen molar-refractivity contribution in [2.24, 2.45) is 0 Å². The van der Waals surface area contributed by atoms with Gasteiger partial charge in [-0.3, -0.25) is 0 Å². The zero-order chi connectivity index (χ0) is 20.6. The Hall–Kier alpha value is -1.34. The van der Waals surface area contributed by atoms with E-state index in [1.165, 1.54) is 19.2 Å². The predicted octanol–water partition coefficient (Wildman–Crippen LogP) is 0.579. The van der Waals surface area contributed by atoms with Crippen LogP contribution in [-0.2, 0) is 38.3 Å². The number of ether oxygens (including phenoxy) is 6. The van der Waals surface area contributed by atoms with E-state index in [2.05, 4.69) is 5.32 Å². The molecule has 3 heterocycles. The van der Waals surface area contributed by atoms with Crippen molar-refractivity contribution in [1.29, 1.82) is 0 Å². The number of nitrogens with one attached hydrogen (secondary N) is 1. The summed E-state index contributed by atoms with van der Waals surface area (Å²) < 4.78 is 60.2. The van der Waals surface area contributed by atoms with E-state index in [1.54, 1.807) is 18.2 Å². The minimum atomic E-state index is -3.61. The Kier molecular flexibility index (Phi) is 5.81. The SMILES string of the molecule is CCO[C@]12NC(=S)O[C@H]1[C@H](OC)O[C@@H]1COC(CS(=O)(=O)c3ccccc3)O[C@H]12. The van der Waals surface area contributed by atoms with Crippen LogP contribution in [0.25, 0.3) is 0 Å². The number of benzene rings is 1. The molecule has 0 spiro atoms. The monoisotopic (exact) mass is 445 g/mol. The quantitative estimate of drug-likeness (QED) is 0.626. The van der Waals surface area contributed by atoms with Gasteiger partial charge < -0.3 is 33.7 Å². The number of hydrogen-bond acceptors (Lipinski definition) is 9. The molecular formula is C18H23NO8S2. The molecule has 0 radical (unpaired) electrons. The summed E-state index contributed by atoms with van der Waals surface area (Å²) in [5, 5.41) is 3.18. The zero-order valence-electron chi connectivity index (χ0n) is 16.0. The van der Waals surface area contributed by atoms with Gasteiger partial charge in [-0.2, -0.15) is 0 Å². The average Bonchev–Trinajstić information content (AvgIpc) is 3.05. The Labute approximate surface area is 174 Å². The Bertz CT molecular complexity index is 851. The van der Waals surface area contributed by atoms with Crippen LogP contribution in [0.1, 0.15) is 6.92 Å². The lowest BCUT2D eigenvalue weighted by Crippen LogP contribution is -2.73. The lowest BCUT2D eigenvalue weighted by Gasteiger charge is -2.51. The molecule has 11 heteroatoms. The van der Waals surface area contributed by atoms with Gasteiger partial charge in [0.2, 0.25) is 11.8 Å². The molecule has 0 bridgehead atoms. The van der Waals surface area contributed by atoms with Crippen LogP contribution < -0.4 is 5.32 Å². The molecule has 0 amide bonds. The summed E-state index contributed by atoms with van der Waals surface area (Å²) in [6.07, 6.45) is -3.75. The Morgan fingerprint density at radius 1 is 1.24 bits per heavy atom. The Morgan fingerprint density at radius 2 is 2.00 bits per heavy atom. The van der Waals surface area contributed by atoms with E-state index >= 15 is 0 Å². The van der Waals surface area contributed by atoms with Crippen molar-refractivity contribution in [1.82, 2.24) is 5.32 Å². The smallest absolute Gasteiger partial charge is 0.259 e. The summed E-state index contributed by atoms with van der Waals surface area (Å²) in [7, 11) is -2.12. The summed E-state index contributed by atoms with van der Waals surface area (Å²) in [5.41, 5.74) is -1.17. The van der Waals surface area contributed by atoms with E-state index in [1.807, 2.05) is 6.92 Å². The van der Waals surface area contributed by atoms with E-state index in [-0.39, 0.29) is 22.4 Å². The molecule has 0 aliphatic carbocycles. The molecule has 3 fully saturated rings. The van der Waals surface area contributed by atoms with Gasteiger partial charge in [0.25, 0.3) is 5.17 Å². The van der Waals surface area contributed by atoms with Crippen LogP contribution in [0.4, 0.5) is 0 Å². The van der Waals surface area contributed by atoms with E-state index in [9.17, 15) is 8.42 Å². The summed E-state index contributed by atoms with van der Waals surface area (Å²) >= 11 is 5.19. The Balaban J connectivity index is 1.58. The number of rotatable bonds is 6. The minimum Gasteiger partial charge on any atom is -0.457 e. The predicted molar refractivity (Wildman–Crippen MR) is 104 cm³/mol. The maximum absolute atomic E-state index is 12.7. The van der Waals surface area contributed by atoms with Crippen LogP contribution in [0.2, 0.25) is 0 Å². The van der Waals surface area contributed by atoms with Crippen molar-refractivity contribution in [2.45, 2.75) is 48.4 Å². The van der Waals surface area contributed by atoms with Crippen molar-refractivity contribution in [3.8, 4) is 0 Å². The fraction of sp³-hybridized carbons (Fsp3) is 0.611. The van der Waals surface area contributed by atoms with Gasteiger partial charge >= 0.3 is 0 Å². The summed E-state index contributed by atoms with van der Waals surface area (Å²) in [6.45, 7) is 2.28. The van der Waals surface area contributed by atoms with Gasteiger partial charge in [-0.05, 0) is 31.3 Å². The fourth-order valence-corrected chi connectivity index (χ4v) is 5.43. The summed E-state index contributed by atoms with van der Waals surface area (Å²) in [6, 6.07) is 8.16. The number of methoxy groups -OCH3 is 1. The molecule has 1 aromatic rings. The molecule has 1 N–H and O–H groups in total. The summed E-state index contributed by atoms with van der Waals surface area (Å²) in [5.74, 6) is -0.341. The van der Waals surface area contributed by atoms with Gasteiger partial charge in [0.1, 0.15) is 18.0 Å². The van der Waals surface area contributed by atoms with Crippen molar-refractivity contribution in [2.75, 3.05) is 26.1 Å². The number of sulfone groups is 1. The van der Waals surface area contributed by atoms with Crippen LogP contribution in [-0.4, -0.2) is 76.3 Å². The second-order valence-electron chi connectivity index (χ2n) is 6.87. The van der Waals surface area contributed by atoms with E-state index in [0.29, 0.717) is 6.61 Å². The number of hydrogen-bond donors (Lipinski definition) is 1. The van der Waals surface area contributed by atoms with E-state index < -0.39 is 46.5 Å². The molecule has 1 aromatic carbocycles.